The molecule has 17 heavy (non-hydrogen) atoms. The third-order valence-electron chi connectivity index (χ3n) is 2.85. The van der Waals surface area contributed by atoms with Gasteiger partial charge in [0, 0.05) is 12.6 Å². The molecule has 2 rings (SSSR count). The molecule has 0 unspecified atom stereocenters. The van der Waals surface area contributed by atoms with Gasteiger partial charge in [0.2, 0.25) is 0 Å². The number of carbonyl (C=O) groups excluding carboxylic acids is 1. The van der Waals surface area contributed by atoms with Crippen molar-refractivity contribution in [3.05, 3.63) is 35.1 Å². The number of benzene rings is 1. The number of hydrogen-bond donors (Lipinski definition) is 0. The summed E-state index contributed by atoms with van der Waals surface area (Å²) in [4.78, 5) is 13.4. The molecule has 2 nitrogen and oxygen atoms in total. The van der Waals surface area contributed by atoms with E-state index in [4.69, 9.17) is 0 Å². The van der Waals surface area contributed by atoms with Crippen molar-refractivity contribution >= 4 is 5.91 Å². The SMILES string of the molecule is CCN(C(=O)c1ccc(F)c(F)c1F)C1CC1. The smallest absolute Gasteiger partial charge is 0.257 e. The van der Waals surface area contributed by atoms with E-state index in [-0.39, 0.29) is 6.04 Å². The van der Waals surface area contributed by atoms with Crippen LogP contribution in [0.2, 0.25) is 0 Å². The van der Waals surface area contributed by atoms with Gasteiger partial charge in [0.25, 0.3) is 5.91 Å². The summed E-state index contributed by atoms with van der Waals surface area (Å²) >= 11 is 0. The van der Waals surface area contributed by atoms with Crippen molar-refractivity contribution in [2.75, 3.05) is 6.54 Å². The summed E-state index contributed by atoms with van der Waals surface area (Å²) in [6.07, 6.45) is 1.76. The van der Waals surface area contributed by atoms with Gasteiger partial charge in [-0.2, -0.15) is 0 Å². The van der Waals surface area contributed by atoms with Crippen LogP contribution in [-0.2, 0) is 0 Å². The van der Waals surface area contributed by atoms with Crippen LogP contribution in [0, 0.1) is 17.5 Å². The highest BCUT2D eigenvalue weighted by Gasteiger charge is 2.33. The fraction of sp³-hybridized carbons (Fsp3) is 0.417. The van der Waals surface area contributed by atoms with E-state index in [1.54, 1.807) is 6.92 Å². The summed E-state index contributed by atoms with van der Waals surface area (Å²) in [6, 6.07) is 1.87. The molecule has 1 fully saturated rings. The normalized spacial score (nSPS) is 14.8. The summed E-state index contributed by atoms with van der Waals surface area (Å²) in [5, 5.41) is 0. The van der Waals surface area contributed by atoms with Gasteiger partial charge in [-0.3, -0.25) is 4.79 Å². The van der Waals surface area contributed by atoms with Crippen LogP contribution in [-0.4, -0.2) is 23.4 Å². The lowest BCUT2D eigenvalue weighted by Gasteiger charge is -2.20. The van der Waals surface area contributed by atoms with Crippen molar-refractivity contribution < 1.29 is 18.0 Å². The van der Waals surface area contributed by atoms with Gasteiger partial charge in [0.1, 0.15) is 0 Å². The maximum absolute atomic E-state index is 13.4. The lowest BCUT2D eigenvalue weighted by molar-refractivity contribution is 0.0746. The first kappa shape index (κ1) is 12.0. The third kappa shape index (κ3) is 2.14. The first-order valence-corrected chi connectivity index (χ1v) is 5.50. The molecule has 0 aliphatic heterocycles. The highest BCUT2D eigenvalue weighted by molar-refractivity contribution is 5.94. The Morgan fingerprint density at radius 2 is 1.94 bits per heavy atom. The van der Waals surface area contributed by atoms with Crippen LogP contribution < -0.4 is 0 Å². The van der Waals surface area contributed by atoms with Gasteiger partial charge in [-0.15, -0.1) is 0 Å². The van der Waals surface area contributed by atoms with E-state index in [9.17, 15) is 18.0 Å². The maximum Gasteiger partial charge on any atom is 0.257 e. The molecule has 0 radical (unpaired) electrons. The van der Waals surface area contributed by atoms with Gasteiger partial charge in [0.05, 0.1) is 5.56 Å². The summed E-state index contributed by atoms with van der Waals surface area (Å²) in [5.74, 6) is -4.86. The highest BCUT2D eigenvalue weighted by atomic mass is 19.2. The molecule has 1 aliphatic rings. The van der Waals surface area contributed by atoms with Gasteiger partial charge >= 0.3 is 0 Å². The number of carbonyl (C=O) groups is 1. The lowest BCUT2D eigenvalue weighted by Crippen LogP contribution is -2.33. The van der Waals surface area contributed by atoms with Crippen molar-refractivity contribution in [1.29, 1.82) is 0 Å². The van der Waals surface area contributed by atoms with Crippen LogP contribution in [0.25, 0.3) is 0 Å². The molecule has 0 bridgehead atoms. The topological polar surface area (TPSA) is 20.3 Å². The van der Waals surface area contributed by atoms with Crippen LogP contribution in [0.3, 0.4) is 0 Å². The maximum atomic E-state index is 13.4. The molecule has 0 saturated heterocycles. The van der Waals surface area contributed by atoms with Gasteiger partial charge in [-0.05, 0) is 31.9 Å². The predicted molar refractivity (Wildman–Crippen MR) is 56.0 cm³/mol. The van der Waals surface area contributed by atoms with Gasteiger partial charge in [0.15, 0.2) is 17.5 Å². The van der Waals surface area contributed by atoms with E-state index in [2.05, 4.69) is 0 Å². The summed E-state index contributed by atoms with van der Waals surface area (Å²) in [7, 11) is 0. The zero-order chi connectivity index (χ0) is 12.6. The molecule has 0 aromatic heterocycles. The van der Waals surface area contributed by atoms with E-state index in [0.717, 1.165) is 25.0 Å². The Morgan fingerprint density at radius 3 is 2.47 bits per heavy atom. The van der Waals surface area contributed by atoms with Gasteiger partial charge < -0.3 is 4.90 Å². The number of rotatable bonds is 3. The highest BCUT2D eigenvalue weighted by Crippen LogP contribution is 2.28. The fourth-order valence-electron chi connectivity index (χ4n) is 1.80. The average Bonchev–Trinajstić information content (AvgIpc) is 3.11. The fourth-order valence-corrected chi connectivity index (χ4v) is 1.80. The van der Waals surface area contributed by atoms with E-state index >= 15 is 0 Å². The van der Waals surface area contributed by atoms with E-state index in [0.29, 0.717) is 6.54 Å². The van der Waals surface area contributed by atoms with Crippen LogP contribution >= 0.6 is 0 Å². The number of halogens is 3. The van der Waals surface area contributed by atoms with Crippen molar-refractivity contribution in [3.63, 3.8) is 0 Å². The molecule has 1 aliphatic carbocycles. The van der Waals surface area contributed by atoms with Crippen molar-refractivity contribution in [3.8, 4) is 0 Å². The Hall–Kier alpha value is -1.52. The minimum Gasteiger partial charge on any atom is -0.336 e. The Balaban J connectivity index is 2.33. The number of amides is 1. The molecule has 0 heterocycles. The van der Waals surface area contributed by atoms with E-state index < -0.39 is 28.9 Å². The molecule has 1 saturated carbocycles. The minimum absolute atomic E-state index is 0.111. The van der Waals surface area contributed by atoms with Crippen LogP contribution in [0.4, 0.5) is 13.2 Å². The molecule has 0 spiro atoms. The van der Waals surface area contributed by atoms with E-state index in [1.165, 1.54) is 4.90 Å². The molecular formula is C12H12F3NO. The Labute approximate surface area is 97.0 Å². The lowest BCUT2D eigenvalue weighted by atomic mass is 10.1. The first-order valence-electron chi connectivity index (χ1n) is 5.50. The molecule has 1 amide bonds. The molecule has 5 heteroatoms. The number of hydrogen-bond acceptors (Lipinski definition) is 1. The quantitative estimate of drug-likeness (QED) is 0.747. The van der Waals surface area contributed by atoms with E-state index in [1.807, 2.05) is 0 Å². The van der Waals surface area contributed by atoms with Crippen LogP contribution in [0.1, 0.15) is 30.1 Å². The van der Waals surface area contributed by atoms with Crippen LogP contribution in [0.15, 0.2) is 12.1 Å². The zero-order valence-electron chi connectivity index (χ0n) is 9.34. The van der Waals surface area contributed by atoms with Crippen molar-refractivity contribution in [1.82, 2.24) is 4.90 Å². The summed E-state index contributed by atoms with van der Waals surface area (Å²) < 4.78 is 39.2. The second-order valence-corrected chi connectivity index (χ2v) is 4.05. The second kappa shape index (κ2) is 4.39. The Morgan fingerprint density at radius 1 is 1.29 bits per heavy atom. The predicted octanol–water partition coefficient (Wildman–Crippen LogP) is 2.73. The van der Waals surface area contributed by atoms with Gasteiger partial charge in [-0.25, -0.2) is 13.2 Å². The molecule has 1 aromatic rings. The standard InChI is InChI=1S/C12H12F3NO/c1-2-16(7-3-4-7)12(17)8-5-6-9(13)11(15)10(8)14/h5-7H,2-4H2,1H3. The Bertz CT molecular complexity index is 457. The molecule has 0 N–H and O–H groups in total. The van der Waals surface area contributed by atoms with Crippen molar-refractivity contribution in [2.45, 2.75) is 25.8 Å². The minimum atomic E-state index is -1.59. The van der Waals surface area contributed by atoms with Crippen LogP contribution in [0.5, 0.6) is 0 Å². The van der Waals surface area contributed by atoms with Crippen molar-refractivity contribution in [2.24, 2.45) is 0 Å². The second-order valence-electron chi connectivity index (χ2n) is 4.05. The zero-order valence-corrected chi connectivity index (χ0v) is 9.34. The third-order valence-corrected chi connectivity index (χ3v) is 2.85. The Kier molecular flexibility index (Phi) is 3.09. The summed E-state index contributed by atoms with van der Waals surface area (Å²) in [5.41, 5.74) is -0.405. The number of nitrogens with zero attached hydrogens (tertiary/aromatic N) is 1. The van der Waals surface area contributed by atoms with Gasteiger partial charge in [-0.1, -0.05) is 0 Å². The molecule has 1 aromatic carbocycles. The molecule has 0 atom stereocenters. The summed E-state index contributed by atoms with van der Waals surface area (Å²) in [6.45, 7) is 2.20. The molecule has 92 valence electrons. The largest absolute Gasteiger partial charge is 0.336 e. The monoisotopic (exact) mass is 243 g/mol. The first-order chi connectivity index (χ1) is 8.06. The average molecular weight is 243 g/mol. The molecular weight excluding hydrogens is 231 g/mol.